The van der Waals surface area contributed by atoms with Gasteiger partial charge in [-0.15, -0.1) is 11.8 Å². The molecule has 3 heterocycles. The first-order valence-corrected chi connectivity index (χ1v) is 6.10. The first kappa shape index (κ1) is 9.83. The second kappa shape index (κ2) is 3.58. The van der Waals surface area contributed by atoms with Gasteiger partial charge < -0.3 is 4.52 Å². The molecule has 16 heavy (non-hydrogen) atoms. The Bertz CT molecular complexity index is 474. The Labute approximate surface area is 96.2 Å². The third kappa shape index (κ3) is 1.51. The lowest BCUT2D eigenvalue weighted by atomic mass is 10.1. The quantitative estimate of drug-likeness (QED) is 0.854. The van der Waals surface area contributed by atoms with Gasteiger partial charge in [0.05, 0.1) is 4.75 Å². The van der Waals surface area contributed by atoms with Crippen molar-refractivity contribution in [3.63, 3.8) is 0 Å². The maximum absolute atomic E-state index is 5.31. The molecule has 84 valence electrons. The third-order valence-corrected chi connectivity index (χ3v) is 4.23. The standard InChI is InChI=1S/C9H11N5OS/c1-9(3-2-4-16-9)8-12-7(14-15-8)6-10-5-11-13-6/h5H,2-4H2,1H3,(H,10,11,13). The van der Waals surface area contributed by atoms with Crippen molar-refractivity contribution < 1.29 is 4.52 Å². The van der Waals surface area contributed by atoms with E-state index in [2.05, 4.69) is 32.2 Å². The van der Waals surface area contributed by atoms with E-state index in [0.717, 1.165) is 12.2 Å². The normalized spacial score (nSPS) is 25.1. The molecule has 0 amide bonds. The monoisotopic (exact) mass is 237 g/mol. The first-order chi connectivity index (χ1) is 7.78. The molecule has 1 unspecified atom stereocenters. The molecular weight excluding hydrogens is 226 g/mol. The zero-order valence-corrected chi connectivity index (χ0v) is 9.62. The minimum atomic E-state index is -0.0364. The molecule has 1 aliphatic heterocycles. The van der Waals surface area contributed by atoms with Gasteiger partial charge in [-0.3, -0.25) is 5.10 Å². The van der Waals surface area contributed by atoms with Crippen molar-refractivity contribution in [2.45, 2.75) is 24.5 Å². The summed E-state index contributed by atoms with van der Waals surface area (Å²) >= 11 is 1.87. The molecule has 1 atom stereocenters. The topological polar surface area (TPSA) is 80.5 Å². The Kier molecular flexibility index (Phi) is 2.20. The molecule has 1 fully saturated rings. The number of nitrogens with one attached hydrogen (secondary N) is 1. The van der Waals surface area contributed by atoms with Gasteiger partial charge in [-0.25, -0.2) is 4.98 Å². The van der Waals surface area contributed by atoms with Crippen molar-refractivity contribution in [1.29, 1.82) is 0 Å². The molecule has 2 aromatic rings. The Hall–Kier alpha value is -1.37. The number of aromatic amines is 1. The molecule has 0 aliphatic carbocycles. The van der Waals surface area contributed by atoms with Crippen LogP contribution in [0.2, 0.25) is 0 Å². The summed E-state index contributed by atoms with van der Waals surface area (Å²) in [4.78, 5) is 8.36. The van der Waals surface area contributed by atoms with Crippen LogP contribution < -0.4 is 0 Å². The van der Waals surface area contributed by atoms with Crippen molar-refractivity contribution in [1.82, 2.24) is 25.3 Å². The van der Waals surface area contributed by atoms with Gasteiger partial charge in [0, 0.05) is 0 Å². The second-order valence-electron chi connectivity index (χ2n) is 3.94. The highest BCUT2D eigenvalue weighted by Gasteiger charge is 2.37. The largest absolute Gasteiger partial charge is 0.337 e. The predicted molar refractivity (Wildman–Crippen MR) is 58.7 cm³/mol. The van der Waals surface area contributed by atoms with Crippen LogP contribution in [0.3, 0.4) is 0 Å². The summed E-state index contributed by atoms with van der Waals surface area (Å²) in [6, 6.07) is 0. The van der Waals surface area contributed by atoms with Crippen LogP contribution in [0.1, 0.15) is 25.7 Å². The fourth-order valence-electron chi connectivity index (χ4n) is 1.80. The van der Waals surface area contributed by atoms with Crippen LogP contribution in [0.25, 0.3) is 11.6 Å². The number of rotatable bonds is 2. The summed E-state index contributed by atoms with van der Waals surface area (Å²) in [5, 5.41) is 10.4. The average Bonchev–Trinajstić information content (AvgIpc) is 2.98. The van der Waals surface area contributed by atoms with E-state index in [0.29, 0.717) is 17.5 Å². The van der Waals surface area contributed by atoms with E-state index in [1.165, 1.54) is 12.7 Å². The molecule has 0 spiro atoms. The Balaban J connectivity index is 1.93. The summed E-state index contributed by atoms with van der Waals surface area (Å²) in [5.41, 5.74) is 0. The Morgan fingerprint density at radius 2 is 2.50 bits per heavy atom. The SMILES string of the molecule is CC1(c2nc(-c3ncn[nH]3)no2)CCCS1. The maximum Gasteiger partial charge on any atom is 0.243 e. The smallest absolute Gasteiger partial charge is 0.243 e. The maximum atomic E-state index is 5.31. The van der Waals surface area contributed by atoms with E-state index in [-0.39, 0.29) is 4.75 Å². The first-order valence-electron chi connectivity index (χ1n) is 5.12. The molecule has 1 saturated heterocycles. The van der Waals surface area contributed by atoms with Gasteiger partial charge in [-0.05, 0) is 25.5 Å². The van der Waals surface area contributed by atoms with Gasteiger partial charge in [0.2, 0.25) is 11.7 Å². The number of nitrogens with zero attached hydrogens (tertiary/aromatic N) is 4. The molecule has 0 saturated carbocycles. The number of aromatic nitrogens is 5. The molecule has 7 heteroatoms. The lowest BCUT2D eigenvalue weighted by molar-refractivity contribution is 0.343. The van der Waals surface area contributed by atoms with E-state index in [4.69, 9.17) is 4.52 Å². The van der Waals surface area contributed by atoms with Gasteiger partial charge in [0.1, 0.15) is 6.33 Å². The van der Waals surface area contributed by atoms with Crippen molar-refractivity contribution in [2.75, 3.05) is 5.75 Å². The molecular formula is C9H11N5OS. The summed E-state index contributed by atoms with van der Waals surface area (Å²) in [6.07, 6.45) is 3.70. The van der Waals surface area contributed by atoms with Crippen LogP contribution in [0.5, 0.6) is 0 Å². The molecule has 3 rings (SSSR count). The van der Waals surface area contributed by atoms with Gasteiger partial charge in [0.15, 0.2) is 5.82 Å². The van der Waals surface area contributed by atoms with Crippen LogP contribution in [0.15, 0.2) is 10.9 Å². The van der Waals surface area contributed by atoms with Gasteiger partial charge >= 0.3 is 0 Å². The molecule has 0 aromatic carbocycles. The molecule has 0 bridgehead atoms. The van der Waals surface area contributed by atoms with Crippen LogP contribution in [-0.4, -0.2) is 31.1 Å². The molecule has 1 aliphatic rings. The zero-order valence-electron chi connectivity index (χ0n) is 8.80. The highest BCUT2D eigenvalue weighted by atomic mass is 32.2. The summed E-state index contributed by atoms with van der Waals surface area (Å²) < 4.78 is 5.27. The van der Waals surface area contributed by atoms with Crippen LogP contribution in [0.4, 0.5) is 0 Å². The van der Waals surface area contributed by atoms with E-state index in [1.807, 2.05) is 11.8 Å². The van der Waals surface area contributed by atoms with Crippen LogP contribution in [-0.2, 0) is 4.75 Å². The van der Waals surface area contributed by atoms with Crippen molar-refractivity contribution in [3.8, 4) is 11.6 Å². The summed E-state index contributed by atoms with van der Waals surface area (Å²) in [5.74, 6) is 2.85. The fraction of sp³-hybridized carbons (Fsp3) is 0.556. The van der Waals surface area contributed by atoms with Gasteiger partial charge in [0.25, 0.3) is 0 Å². The number of hydrogen-bond donors (Lipinski definition) is 1. The van der Waals surface area contributed by atoms with Crippen LogP contribution >= 0.6 is 11.8 Å². The highest BCUT2D eigenvalue weighted by molar-refractivity contribution is 8.00. The minimum absolute atomic E-state index is 0.0364. The van der Waals surface area contributed by atoms with Gasteiger partial charge in [-0.2, -0.15) is 10.1 Å². The summed E-state index contributed by atoms with van der Waals surface area (Å²) in [6.45, 7) is 2.14. The average molecular weight is 237 g/mol. The fourth-order valence-corrected chi connectivity index (χ4v) is 3.03. The third-order valence-electron chi connectivity index (χ3n) is 2.72. The minimum Gasteiger partial charge on any atom is -0.337 e. The predicted octanol–water partition coefficient (Wildman–Crippen LogP) is 1.60. The van der Waals surface area contributed by atoms with Crippen molar-refractivity contribution in [2.24, 2.45) is 0 Å². The van der Waals surface area contributed by atoms with E-state index in [1.54, 1.807) is 0 Å². The lowest BCUT2D eigenvalue weighted by Gasteiger charge is -2.15. The van der Waals surface area contributed by atoms with Crippen molar-refractivity contribution >= 4 is 11.8 Å². The number of H-pyrrole nitrogens is 1. The molecule has 1 N–H and O–H groups in total. The van der Waals surface area contributed by atoms with E-state index in [9.17, 15) is 0 Å². The lowest BCUT2D eigenvalue weighted by Crippen LogP contribution is -2.13. The second-order valence-corrected chi connectivity index (χ2v) is 5.54. The molecule has 2 aromatic heterocycles. The zero-order chi connectivity index (χ0) is 11.0. The van der Waals surface area contributed by atoms with Crippen molar-refractivity contribution in [3.05, 3.63) is 12.2 Å². The van der Waals surface area contributed by atoms with E-state index >= 15 is 0 Å². The number of thioether (sulfide) groups is 1. The Morgan fingerprint density at radius 3 is 3.19 bits per heavy atom. The molecule has 6 nitrogen and oxygen atoms in total. The number of hydrogen-bond acceptors (Lipinski definition) is 6. The Morgan fingerprint density at radius 1 is 1.56 bits per heavy atom. The van der Waals surface area contributed by atoms with E-state index < -0.39 is 0 Å². The summed E-state index contributed by atoms with van der Waals surface area (Å²) in [7, 11) is 0. The van der Waals surface area contributed by atoms with Gasteiger partial charge in [-0.1, -0.05) is 5.16 Å². The van der Waals surface area contributed by atoms with Crippen LogP contribution in [0, 0.1) is 0 Å². The highest BCUT2D eigenvalue weighted by Crippen LogP contribution is 2.45. The molecule has 0 radical (unpaired) electrons.